The molecule has 0 saturated heterocycles. The van der Waals surface area contributed by atoms with Crippen molar-refractivity contribution in [3.8, 4) is 28.0 Å². The average Bonchev–Trinajstić information content (AvgIpc) is 3.33. The van der Waals surface area contributed by atoms with Crippen molar-refractivity contribution in [2.75, 3.05) is 49.5 Å². The summed E-state index contributed by atoms with van der Waals surface area (Å²) in [7, 11) is 7.85. The van der Waals surface area contributed by atoms with E-state index >= 15 is 0 Å². The lowest BCUT2D eigenvalue weighted by Gasteiger charge is -2.18. The summed E-state index contributed by atoms with van der Waals surface area (Å²) < 4.78 is 18.9. The van der Waals surface area contributed by atoms with Crippen molar-refractivity contribution in [2.45, 2.75) is 11.5 Å². The molecule has 0 radical (unpaired) electrons. The Morgan fingerprint density at radius 3 is 1.53 bits per heavy atom. The summed E-state index contributed by atoms with van der Waals surface area (Å²) >= 11 is 3.50. The summed E-state index contributed by atoms with van der Waals surface area (Å²) in [4.78, 5) is 53.5. The van der Waals surface area contributed by atoms with Gasteiger partial charge >= 0.3 is 5.97 Å². The van der Waals surface area contributed by atoms with Crippen LogP contribution >= 0.6 is 23.5 Å². The Kier molecular flexibility index (Phi) is 11.9. The highest BCUT2D eigenvalue weighted by atomic mass is 32.2. The van der Waals surface area contributed by atoms with E-state index in [1.54, 1.807) is 53.9 Å². The number of rotatable bonds is 14. The second kappa shape index (κ2) is 18.3. The predicted molar refractivity (Wildman–Crippen MR) is 280 cm³/mol. The van der Waals surface area contributed by atoms with E-state index in [9.17, 15) is 24.3 Å². The fourth-order valence-corrected chi connectivity index (χ4v) is 11.1. The maximum Gasteiger partial charge on any atom is 0.336 e. The molecule has 0 aliphatic rings. The summed E-state index contributed by atoms with van der Waals surface area (Å²) in [5, 5.41) is 17.0. The van der Waals surface area contributed by atoms with E-state index in [1.165, 1.54) is 12.1 Å². The van der Waals surface area contributed by atoms with E-state index in [4.69, 9.17) is 13.6 Å². The van der Waals surface area contributed by atoms with Gasteiger partial charge in [-0.1, -0.05) is 36.4 Å². The maximum atomic E-state index is 13.0. The van der Waals surface area contributed by atoms with E-state index in [-0.39, 0.29) is 16.4 Å². The lowest BCUT2D eigenvalue weighted by atomic mass is 9.91. The number of thioether (sulfide) groups is 2. The average molecular weight is 937 g/mol. The summed E-state index contributed by atoms with van der Waals surface area (Å²) in [6.45, 7) is 0.454. The maximum absolute atomic E-state index is 13.0. The molecular formula is C56H44N2O8S2. The first-order chi connectivity index (χ1) is 32.9. The number of carboxylic acids is 1. The number of benzene rings is 8. The Morgan fingerprint density at radius 2 is 1.03 bits per heavy atom. The van der Waals surface area contributed by atoms with Gasteiger partial charge in [0.2, 0.25) is 0 Å². The van der Waals surface area contributed by atoms with E-state index in [2.05, 4.69) is 6.07 Å². The number of aromatic carboxylic acids is 1. The van der Waals surface area contributed by atoms with Gasteiger partial charge < -0.3 is 28.5 Å². The minimum atomic E-state index is -1.02. The molecule has 0 aliphatic heterocycles. The molecular weight excluding hydrogens is 893 g/mol. The third-order valence-corrected chi connectivity index (χ3v) is 14.7. The number of hydrogen-bond acceptors (Lipinski definition) is 11. The molecule has 0 spiro atoms. The van der Waals surface area contributed by atoms with Crippen LogP contribution in [0.5, 0.6) is 5.75 Å². The van der Waals surface area contributed by atoms with Crippen LogP contribution in [0, 0.1) is 0 Å². The SMILES string of the molecule is CN(C)c1ccc2c(-c3ccc(CSCCSCc4ccc(-c5c6ccc(N(C)C)cc6oc6c5ccc5cc(=O)ccc56)c(C(=O)O)c4)cc3OC=O)c3ccc4cc(=O)ccc4c3oc2c1. The second-order valence-corrected chi connectivity index (χ2v) is 19.3. The molecule has 10 aromatic rings. The third kappa shape index (κ3) is 8.30. The number of carbonyl (C=O) groups is 2. The zero-order chi connectivity index (χ0) is 47.2. The smallest absolute Gasteiger partial charge is 0.336 e. The largest absolute Gasteiger partial charge is 0.478 e. The Morgan fingerprint density at radius 1 is 0.559 bits per heavy atom. The first-order valence-electron chi connectivity index (χ1n) is 21.9. The van der Waals surface area contributed by atoms with Crippen molar-refractivity contribution in [3.63, 3.8) is 0 Å². The summed E-state index contributed by atoms with van der Waals surface area (Å²) in [5.74, 6) is 2.38. The molecule has 10 rings (SSSR count). The van der Waals surface area contributed by atoms with Crippen molar-refractivity contribution in [2.24, 2.45) is 0 Å². The minimum absolute atomic E-state index is 0.0816. The molecule has 10 nitrogen and oxygen atoms in total. The van der Waals surface area contributed by atoms with Crippen LogP contribution in [0.3, 0.4) is 0 Å². The molecule has 12 heteroatoms. The molecule has 8 aromatic carbocycles. The van der Waals surface area contributed by atoms with Gasteiger partial charge in [0.25, 0.3) is 6.47 Å². The molecule has 0 amide bonds. The first-order valence-corrected chi connectivity index (χ1v) is 24.2. The highest BCUT2D eigenvalue weighted by Crippen LogP contribution is 2.45. The molecule has 2 heterocycles. The van der Waals surface area contributed by atoms with Crippen LogP contribution in [0.25, 0.3) is 87.7 Å². The molecule has 338 valence electrons. The normalized spacial score (nSPS) is 11.6. The fraction of sp³-hybridized carbons (Fsp3) is 0.143. The number of hydrogen-bond donors (Lipinski definition) is 1. The zero-order valence-corrected chi connectivity index (χ0v) is 39.3. The summed E-state index contributed by atoms with van der Waals surface area (Å²) in [6.07, 6.45) is 0. The van der Waals surface area contributed by atoms with Crippen molar-refractivity contribution in [1.29, 1.82) is 0 Å². The fourth-order valence-electron chi connectivity index (χ4n) is 9.01. The molecule has 0 fully saturated rings. The van der Waals surface area contributed by atoms with Crippen LogP contribution in [0.1, 0.15) is 21.5 Å². The molecule has 0 bridgehead atoms. The number of carboxylic acid groups (broad SMARTS) is 1. The lowest BCUT2D eigenvalue weighted by Crippen LogP contribution is -2.08. The predicted octanol–water partition coefficient (Wildman–Crippen LogP) is 12.4. The quantitative estimate of drug-likeness (QED) is 0.0482. The number of fused-ring (bicyclic) bond motifs is 8. The van der Waals surface area contributed by atoms with Crippen LogP contribution < -0.4 is 25.4 Å². The Bertz CT molecular complexity index is 3800. The number of ether oxygens (including phenoxy) is 1. The van der Waals surface area contributed by atoms with Crippen LogP contribution in [0.2, 0.25) is 0 Å². The van der Waals surface area contributed by atoms with E-state index in [0.717, 1.165) is 93.8 Å². The molecule has 0 atom stereocenters. The highest BCUT2D eigenvalue weighted by Gasteiger charge is 2.22. The van der Waals surface area contributed by atoms with Crippen molar-refractivity contribution >= 4 is 113 Å². The van der Waals surface area contributed by atoms with Gasteiger partial charge in [-0.3, -0.25) is 14.4 Å². The Balaban J connectivity index is 0.885. The van der Waals surface area contributed by atoms with E-state index in [1.807, 2.05) is 123 Å². The van der Waals surface area contributed by atoms with Crippen molar-refractivity contribution in [1.82, 2.24) is 0 Å². The van der Waals surface area contributed by atoms with Gasteiger partial charge in [-0.25, -0.2) is 4.79 Å². The van der Waals surface area contributed by atoms with Crippen LogP contribution in [-0.4, -0.2) is 57.2 Å². The topological polar surface area (TPSA) is 130 Å². The van der Waals surface area contributed by atoms with E-state index < -0.39 is 5.97 Å². The van der Waals surface area contributed by atoms with Gasteiger partial charge in [-0.2, -0.15) is 23.5 Å². The zero-order valence-electron chi connectivity index (χ0n) is 37.6. The van der Waals surface area contributed by atoms with Crippen molar-refractivity contribution < 1.29 is 28.3 Å². The van der Waals surface area contributed by atoms with Gasteiger partial charge in [0.15, 0.2) is 10.9 Å². The summed E-state index contributed by atoms with van der Waals surface area (Å²) in [5.41, 5.74) is 9.25. The third-order valence-electron chi connectivity index (χ3n) is 12.3. The van der Waals surface area contributed by atoms with Gasteiger partial charge in [0.05, 0.1) is 5.56 Å². The van der Waals surface area contributed by atoms with Crippen molar-refractivity contribution in [3.05, 3.63) is 171 Å². The number of nitrogens with zero attached hydrogens (tertiary/aromatic N) is 2. The number of carbonyl (C=O) groups excluding carboxylic acids is 1. The molecule has 0 aliphatic carbocycles. The first kappa shape index (κ1) is 44.3. The van der Waals surface area contributed by atoms with Gasteiger partial charge in [0.1, 0.15) is 28.1 Å². The van der Waals surface area contributed by atoms with Crippen LogP contribution in [0.4, 0.5) is 11.4 Å². The monoisotopic (exact) mass is 936 g/mol. The standard InChI is InChI=1S/C56H44N2O8S2/c1-57(2)36-9-17-44-50(27-36)65-54-40-19-11-38(60)25-34(40)7-15-46(54)52(44)42-13-5-32(23-48(42)56(62)63)29-67-21-22-68-30-33-6-14-43(49(24-33)64-31-59)53-45-18-10-37(58(3)4)28-51(45)66-55-41-20-12-39(61)26-35(41)8-16-47(53)55/h5-20,23-28,31H,21-22,29-30H2,1-4H3,(H,62,63). The lowest BCUT2D eigenvalue weighted by molar-refractivity contribution is -0.120. The highest BCUT2D eigenvalue weighted by molar-refractivity contribution is 8.02. The molecule has 1 N–H and O–H groups in total. The second-order valence-electron chi connectivity index (χ2n) is 17.1. The van der Waals surface area contributed by atoms with Gasteiger partial charge in [-0.05, 0) is 112 Å². The van der Waals surface area contributed by atoms with Gasteiger partial charge in [0, 0.05) is 124 Å². The molecule has 2 aromatic heterocycles. The molecule has 0 saturated carbocycles. The van der Waals surface area contributed by atoms with Gasteiger partial charge in [-0.15, -0.1) is 0 Å². The molecule has 68 heavy (non-hydrogen) atoms. The van der Waals surface area contributed by atoms with Crippen LogP contribution in [0.15, 0.2) is 152 Å². The Labute approximate surface area is 398 Å². The van der Waals surface area contributed by atoms with E-state index in [0.29, 0.717) is 51.6 Å². The molecule has 0 unspecified atom stereocenters. The minimum Gasteiger partial charge on any atom is -0.478 e. The Hall–Kier alpha value is -7.54. The van der Waals surface area contributed by atoms with Crippen LogP contribution in [-0.2, 0) is 16.3 Å². The number of anilines is 2. The summed E-state index contributed by atoms with van der Waals surface area (Å²) in [6, 6.07) is 41.1.